The Hall–Kier alpha value is -2.91. The van der Waals surface area contributed by atoms with E-state index in [0.29, 0.717) is 18.8 Å². The Morgan fingerprint density at radius 1 is 1.14 bits per heavy atom. The van der Waals surface area contributed by atoms with Crippen LogP contribution in [-0.2, 0) is 6.54 Å². The maximum absolute atomic E-state index is 13.6. The van der Waals surface area contributed by atoms with Gasteiger partial charge in [-0.25, -0.2) is 8.78 Å². The third kappa shape index (κ3) is 5.42. The van der Waals surface area contributed by atoms with E-state index in [4.69, 9.17) is 0 Å². The van der Waals surface area contributed by atoms with E-state index in [-0.39, 0.29) is 30.5 Å². The molecule has 192 valence electrons. The van der Waals surface area contributed by atoms with Crippen molar-refractivity contribution in [1.82, 2.24) is 30.3 Å². The van der Waals surface area contributed by atoms with E-state index in [2.05, 4.69) is 46.2 Å². The summed E-state index contributed by atoms with van der Waals surface area (Å²) in [5.41, 5.74) is 3.97. The summed E-state index contributed by atoms with van der Waals surface area (Å²) in [6.07, 6.45) is 5.21. The number of aromatic amines is 1. The molecule has 0 saturated carbocycles. The van der Waals surface area contributed by atoms with Gasteiger partial charge in [0.05, 0.1) is 12.1 Å². The molecule has 0 bridgehead atoms. The Morgan fingerprint density at radius 2 is 1.92 bits per heavy atom. The predicted molar refractivity (Wildman–Crippen MR) is 136 cm³/mol. The number of amides is 1. The molecule has 0 radical (unpaired) electrons. The van der Waals surface area contributed by atoms with E-state index in [0.717, 1.165) is 53.5 Å². The normalized spacial score (nSPS) is 19.7. The minimum atomic E-state index is -2.61. The number of benzene rings is 1. The lowest BCUT2D eigenvalue weighted by Crippen LogP contribution is -2.50. The van der Waals surface area contributed by atoms with Crippen molar-refractivity contribution >= 4 is 16.8 Å². The number of piperidine rings is 1. The van der Waals surface area contributed by atoms with Crippen LogP contribution in [0, 0.1) is 0 Å². The van der Waals surface area contributed by atoms with Crippen LogP contribution in [0.15, 0.2) is 36.7 Å². The van der Waals surface area contributed by atoms with Gasteiger partial charge in [0.25, 0.3) is 11.8 Å². The summed E-state index contributed by atoms with van der Waals surface area (Å²) in [6.45, 7) is 9.17. The number of halogens is 2. The number of likely N-dealkylation sites (tertiary alicyclic amines) is 2. The smallest absolute Gasteiger partial charge is 0.272 e. The van der Waals surface area contributed by atoms with Crippen molar-refractivity contribution in [3.05, 3.63) is 47.9 Å². The summed E-state index contributed by atoms with van der Waals surface area (Å²) in [4.78, 5) is 21.7. The first-order valence-electron chi connectivity index (χ1n) is 12.7. The molecule has 3 aromatic rings. The first-order valence-corrected chi connectivity index (χ1v) is 12.7. The van der Waals surface area contributed by atoms with Gasteiger partial charge in [0, 0.05) is 67.5 Å². The first-order chi connectivity index (χ1) is 17.1. The molecule has 2 fully saturated rings. The molecule has 2 saturated heterocycles. The number of carbonyl (C=O) groups excluding carboxylic acids is 1. The second-order valence-electron chi connectivity index (χ2n) is 11.1. The molecule has 0 unspecified atom stereocenters. The molecule has 1 aromatic carbocycles. The number of hydrogen-bond donors (Lipinski definition) is 2. The standard InChI is InChI=1S/C27H34F2N6O/c1-26(2,3)35-9-6-21(7-10-35)31-25(36)24-22-13-19(4-5-23(22)32-33-24)20-12-18(14-30-15-20)16-34-11-8-27(28,29)17-34/h4-5,12-15,21H,6-11,16-17H2,1-3H3,(H,31,36)(H,32,33). The Balaban J connectivity index is 1.30. The summed E-state index contributed by atoms with van der Waals surface area (Å²) in [7, 11) is 0. The maximum atomic E-state index is 13.6. The van der Waals surface area contributed by atoms with E-state index in [1.165, 1.54) is 0 Å². The van der Waals surface area contributed by atoms with E-state index in [1.54, 1.807) is 17.3 Å². The number of rotatable bonds is 5. The molecular weight excluding hydrogens is 462 g/mol. The van der Waals surface area contributed by atoms with Crippen molar-refractivity contribution < 1.29 is 13.6 Å². The highest BCUT2D eigenvalue weighted by molar-refractivity contribution is 6.05. The van der Waals surface area contributed by atoms with Gasteiger partial charge in [-0.1, -0.05) is 6.07 Å². The van der Waals surface area contributed by atoms with E-state index < -0.39 is 5.92 Å². The quantitative estimate of drug-likeness (QED) is 0.546. The third-order valence-corrected chi connectivity index (χ3v) is 7.34. The lowest BCUT2D eigenvalue weighted by Gasteiger charge is -2.40. The number of pyridine rings is 1. The molecule has 2 aliphatic rings. The van der Waals surface area contributed by atoms with Crippen LogP contribution in [0.25, 0.3) is 22.0 Å². The number of fused-ring (bicyclic) bond motifs is 1. The van der Waals surface area contributed by atoms with E-state index in [9.17, 15) is 13.6 Å². The van der Waals surface area contributed by atoms with E-state index in [1.807, 2.05) is 24.3 Å². The largest absolute Gasteiger partial charge is 0.348 e. The Morgan fingerprint density at radius 3 is 2.61 bits per heavy atom. The summed E-state index contributed by atoms with van der Waals surface area (Å²) in [6, 6.07) is 7.91. The molecule has 36 heavy (non-hydrogen) atoms. The molecule has 4 heterocycles. The first kappa shape index (κ1) is 24.8. The highest BCUT2D eigenvalue weighted by atomic mass is 19.3. The number of H-pyrrole nitrogens is 1. The zero-order valence-electron chi connectivity index (χ0n) is 21.2. The molecule has 0 atom stereocenters. The van der Waals surface area contributed by atoms with Gasteiger partial charge in [0.15, 0.2) is 5.69 Å². The predicted octanol–water partition coefficient (Wildman–Crippen LogP) is 4.46. The van der Waals surface area contributed by atoms with Crippen LogP contribution in [0.4, 0.5) is 8.78 Å². The van der Waals surface area contributed by atoms with Crippen molar-refractivity contribution in [1.29, 1.82) is 0 Å². The van der Waals surface area contributed by atoms with Gasteiger partial charge in [-0.3, -0.25) is 24.7 Å². The maximum Gasteiger partial charge on any atom is 0.272 e. The molecule has 5 rings (SSSR count). The van der Waals surface area contributed by atoms with E-state index >= 15 is 0 Å². The zero-order valence-corrected chi connectivity index (χ0v) is 21.2. The van der Waals surface area contributed by atoms with Crippen molar-refractivity contribution in [2.45, 2.75) is 64.1 Å². The zero-order chi connectivity index (χ0) is 25.5. The van der Waals surface area contributed by atoms with Crippen molar-refractivity contribution in [3.63, 3.8) is 0 Å². The van der Waals surface area contributed by atoms with Gasteiger partial charge in [0.1, 0.15) is 0 Å². The number of aromatic nitrogens is 3. The van der Waals surface area contributed by atoms with Gasteiger partial charge in [-0.2, -0.15) is 5.10 Å². The molecule has 2 aromatic heterocycles. The molecule has 1 amide bonds. The monoisotopic (exact) mass is 496 g/mol. The molecule has 0 aliphatic carbocycles. The summed E-state index contributed by atoms with van der Waals surface area (Å²) >= 11 is 0. The van der Waals surface area contributed by atoms with Gasteiger partial charge in [-0.15, -0.1) is 0 Å². The molecule has 2 aliphatic heterocycles. The number of alkyl halides is 2. The van der Waals surface area contributed by atoms with Gasteiger partial charge >= 0.3 is 0 Å². The number of nitrogens with one attached hydrogen (secondary N) is 2. The van der Waals surface area contributed by atoms with Crippen LogP contribution in [0.5, 0.6) is 0 Å². The van der Waals surface area contributed by atoms with Gasteiger partial charge in [0.2, 0.25) is 0 Å². The minimum Gasteiger partial charge on any atom is -0.348 e. The highest BCUT2D eigenvalue weighted by Gasteiger charge is 2.38. The molecule has 7 nitrogen and oxygen atoms in total. The number of hydrogen-bond acceptors (Lipinski definition) is 5. The van der Waals surface area contributed by atoms with Crippen molar-refractivity contribution in [2.24, 2.45) is 0 Å². The molecule has 9 heteroatoms. The van der Waals surface area contributed by atoms with Crippen molar-refractivity contribution in [3.8, 4) is 11.1 Å². The average molecular weight is 497 g/mol. The second-order valence-corrected chi connectivity index (χ2v) is 11.1. The Labute approximate surface area is 210 Å². The van der Waals surface area contributed by atoms with Crippen LogP contribution in [0.2, 0.25) is 0 Å². The summed E-state index contributed by atoms with van der Waals surface area (Å²) < 4.78 is 27.1. The van der Waals surface area contributed by atoms with Crippen LogP contribution in [-0.4, -0.2) is 74.6 Å². The fourth-order valence-electron chi connectivity index (χ4n) is 5.25. The topological polar surface area (TPSA) is 77.1 Å². The minimum absolute atomic E-state index is 0.0994. The van der Waals surface area contributed by atoms with Gasteiger partial charge in [-0.05, 0) is 62.9 Å². The molecular formula is C27H34F2N6O. The molecule has 2 N–H and O–H groups in total. The van der Waals surface area contributed by atoms with Crippen LogP contribution < -0.4 is 5.32 Å². The Kier molecular flexibility index (Phi) is 6.55. The fraction of sp³-hybridized carbons (Fsp3) is 0.519. The van der Waals surface area contributed by atoms with Crippen molar-refractivity contribution in [2.75, 3.05) is 26.2 Å². The SMILES string of the molecule is CC(C)(C)N1CCC(NC(=O)c2n[nH]c3ccc(-c4cncc(CN5CCC(F)(F)C5)c4)cc23)CC1. The fourth-order valence-corrected chi connectivity index (χ4v) is 5.25. The third-order valence-electron chi connectivity index (χ3n) is 7.34. The molecule has 0 spiro atoms. The van der Waals surface area contributed by atoms with Crippen LogP contribution in [0.3, 0.4) is 0 Å². The highest BCUT2D eigenvalue weighted by Crippen LogP contribution is 2.30. The summed E-state index contributed by atoms with van der Waals surface area (Å²) in [5.74, 6) is -2.78. The van der Waals surface area contributed by atoms with Gasteiger partial charge < -0.3 is 5.32 Å². The number of carbonyl (C=O) groups is 1. The average Bonchev–Trinajstić information content (AvgIpc) is 3.41. The van der Waals surface area contributed by atoms with Crippen LogP contribution >= 0.6 is 0 Å². The lowest BCUT2D eigenvalue weighted by molar-refractivity contribution is 0.0115. The second kappa shape index (κ2) is 9.52. The van der Waals surface area contributed by atoms with Crippen LogP contribution in [0.1, 0.15) is 56.1 Å². The Bertz CT molecular complexity index is 1240. The lowest BCUT2D eigenvalue weighted by atomic mass is 9.98. The summed E-state index contributed by atoms with van der Waals surface area (Å²) in [5, 5.41) is 11.2. The number of nitrogens with zero attached hydrogens (tertiary/aromatic N) is 4.